The molecular formula is C12H15BrFN. The van der Waals surface area contributed by atoms with E-state index in [-0.39, 0.29) is 11.9 Å². The summed E-state index contributed by atoms with van der Waals surface area (Å²) in [5.74, 6) is -0.202. The third-order valence-corrected chi connectivity index (χ3v) is 2.66. The average Bonchev–Trinajstić information content (AvgIpc) is 2.23. The summed E-state index contributed by atoms with van der Waals surface area (Å²) in [4.78, 5) is 0. The lowest BCUT2D eigenvalue weighted by Crippen LogP contribution is -1.99. The fourth-order valence-electron chi connectivity index (χ4n) is 1.09. The second kappa shape index (κ2) is 5.31. The first kappa shape index (κ1) is 12.2. The molecule has 0 bridgehead atoms. The molecule has 1 heterocycles. The predicted molar refractivity (Wildman–Crippen MR) is 64.8 cm³/mol. The van der Waals surface area contributed by atoms with Crippen LogP contribution in [0, 0.1) is 12.7 Å². The largest absolute Gasteiger partial charge is 0.349 e. The van der Waals surface area contributed by atoms with Crippen molar-refractivity contribution >= 4 is 15.9 Å². The minimum atomic E-state index is -0.202. The van der Waals surface area contributed by atoms with Gasteiger partial charge in [0.05, 0.1) is 0 Å². The van der Waals surface area contributed by atoms with E-state index in [0.29, 0.717) is 5.56 Å². The van der Waals surface area contributed by atoms with E-state index in [4.69, 9.17) is 0 Å². The Morgan fingerprint density at radius 3 is 2.53 bits per heavy atom. The zero-order valence-corrected chi connectivity index (χ0v) is 10.8. The monoisotopic (exact) mass is 271 g/mol. The molecule has 0 aromatic carbocycles. The molecule has 1 nitrogen and oxygen atoms in total. The number of hydrogen-bond acceptors (Lipinski definition) is 0. The van der Waals surface area contributed by atoms with Crippen LogP contribution < -0.4 is 0 Å². The van der Waals surface area contributed by atoms with Gasteiger partial charge in [-0.2, -0.15) is 0 Å². The lowest BCUT2D eigenvalue weighted by Gasteiger charge is -2.07. The number of halogens is 2. The van der Waals surface area contributed by atoms with Crippen molar-refractivity contribution < 1.29 is 4.39 Å². The molecule has 3 heteroatoms. The second-order valence-electron chi connectivity index (χ2n) is 3.73. The van der Waals surface area contributed by atoms with E-state index in [1.54, 1.807) is 13.0 Å². The molecule has 0 unspecified atom stereocenters. The smallest absolute Gasteiger partial charge is 0.142 e. The van der Waals surface area contributed by atoms with Gasteiger partial charge in [-0.1, -0.05) is 22.0 Å². The highest BCUT2D eigenvalue weighted by Gasteiger charge is 1.96. The van der Waals surface area contributed by atoms with Crippen molar-refractivity contribution in [2.75, 3.05) is 0 Å². The van der Waals surface area contributed by atoms with E-state index in [1.165, 1.54) is 6.20 Å². The van der Waals surface area contributed by atoms with Crippen molar-refractivity contribution in [2.45, 2.75) is 26.8 Å². The maximum absolute atomic E-state index is 13.6. The number of aromatic nitrogens is 1. The van der Waals surface area contributed by atoms with E-state index in [2.05, 4.69) is 15.9 Å². The zero-order chi connectivity index (χ0) is 11.4. The standard InChI is InChI=1S/C12H15BrFN/c1-9(2)15-7-6-11(13)5-4-10(3)12(14)8-15/h4-9H,1-3H3. The average molecular weight is 272 g/mol. The highest BCUT2D eigenvalue weighted by molar-refractivity contribution is 9.10. The van der Waals surface area contributed by atoms with Crippen LogP contribution in [0.2, 0.25) is 0 Å². The van der Waals surface area contributed by atoms with Crippen LogP contribution in [0.5, 0.6) is 0 Å². The Hall–Kier alpha value is -0.830. The fraction of sp³-hybridized carbons (Fsp3) is 0.333. The Balaban J connectivity index is 3.47. The molecule has 1 aromatic heterocycles. The third-order valence-electron chi connectivity index (χ3n) is 2.13. The lowest BCUT2D eigenvalue weighted by atomic mass is 10.3. The Morgan fingerprint density at radius 2 is 1.93 bits per heavy atom. The summed E-state index contributed by atoms with van der Waals surface area (Å²) < 4.78 is 16.4. The first-order chi connectivity index (χ1) is 7.00. The summed E-state index contributed by atoms with van der Waals surface area (Å²) >= 11 is 3.39. The molecule has 15 heavy (non-hydrogen) atoms. The Labute approximate surface area is 98.4 Å². The molecule has 0 aliphatic rings. The number of rotatable bonds is 1. The van der Waals surface area contributed by atoms with Crippen LogP contribution in [-0.4, -0.2) is 4.57 Å². The minimum Gasteiger partial charge on any atom is -0.349 e. The Morgan fingerprint density at radius 1 is 1.27 bits per heavy atom. The van der Waals surface area contributed by atoms with Crippen LogP contribution in [0.25, 0.3) is 0 Å². The molecule has 0 aliphatic heterocycles. The Kier molecular flexibility index (Phi) is 4.33. The summed E-state index contributed by atoms with van der Waals surface area (Å²) in [6.45, 7) is 5.79. The van der Waals surface area contributed by atoms with Crippen LogP contribution in [0.15, 0.2) is 35.1 Å². The van der Waals surface area contributed by atoms with Crippen molar-refractivity contribution in [3.05, 3.63) is 46.4 Å². The van der Waals surface area contributed by atoms with Gasteiger partial charge in [0.15, 0.2) is 0 Å². The van der Waals surface area contributed by atoms with Gasteiger partial charge in [0.25, 0.3) is 0 Å². The molecule has 0 amide bonds. The number of nitrogens with zero attached hydrogens (tertiary/aromatic N) is 1. The summed E-state index contributed by atoms with van der Waals surface area (Å²) in [5, 5.41) is 0. The lowest BCUT2D eigenvalue weighted by molar-refractivity contribution is 0.552. The van der Waals surface area contributed by atoms with Crippen LogP contribution >= 0.6 is 15.9 Å². The third kappa shape index (κ3) is 3.67. The van der Waals surface area contributed by atoms with E-state index < -0.39 is 0 Å². The summed E-state index contributed by atoms with van der Waals surface area (Å²) in [7, 11) is 0. The molecular weight excluding hydrogens is 257 g/mol. The Bertz CT molecular complexity index is 395. The van der Waals surface area contributed by atoms with Gasteiger partial charge < -0.3 is 4.57 Å². The second-order valence-corrected chi connectivity index (χ2v) is 4.65. The van der Waals surface area contributed by atoms with E-state index in [9.17, 15) is 4.39 Å². The van der Waals surface area contributed by atoms with E-state index >= 15 is 0 Å². The van der Waals surface area contributed by atoms with Gasteiger partial charge in [0.1, 0.15) is 5.82 Å². The molecule has 0 saturated carbocycles. The normalized spacial score (nSPS) is 10.3. The van der Waals surface area contributed by atoms with Gasteiger partial charge in [-0.15, -0.1) is 0 Å². The topological polar surface area (TPSA) is 4.93 Å². The maximum Gasteiger partial charge on any atom is 0.142 e. The van der Waals surface area contributed by atoms with Crippen LogP contribution in [-0.2, 0) is 0 Å². The molecule has 0 spiro atoms. The summed E-state index contributed by atoms with van der Waals surface area (Å²) in [6, 6.07) is 5.73. The van der Waals surface area contributed by atoms with Crippen molar-refractivity contribution in [3.8, 4) is 0 Å². The maximum atomic E-state index is 13.6. The van der Waals surface area contributed by atoms with Crippen LogP contribution in [0.3, 0.4) is 0 Å². The van der Waals surface area contributed by atoms with Gasteiger partial charge in [-0.3, -0.25) is 0 Å². The SMILES string of the molecule is Cc1ccc(Br)ccn(C(C)C)cc1F. The number of aryl methyl sites for hydroxylation is 1. The van der Waals surface area contributed by atoms with Crippen molar-refractivity contribution in [1.29, 1.82) is 0 Å². The molecule has 0 atom stereocenters. The summed E-state index contributed by atoms with van der Waals surface area (Å²) in [6.07, 6.45) is 3.38. The molecule has 0 saturated heterocycles. The highest BCUT2D eigenvalue weighted by atomic mass is 79.9. The molecule has 1 rings (SSSR count). The zero-order valence-electron chi connectivity index (χ0n) is 9.17. The molecule has 0 N–H and O–H groups in total. The van der Waals surface area contributed by atoms with Gasteiger partial charge in [-0.25, -0.2) is 4.39 Å². The first-order valence-corrected chi connectivity index (χ1v) is 5.67. The van der Waals surface area contributed by atoms with Gasteiger partial charge >= 0.3 is 0 Å². The summed E-state index contributed by atoms with van der Waals surface area (Å²) in [5.41, 5.74) is 0.626. The fourth-order valence-corrected chi connectivity index (χ4v) is 1.34. The van der Waals surface area contributed by atoms with E-state index in [1.807, 2.05) is 36.7 Å². The quantitative estimate of drug-likeness (QED) is 0.714. The molecule has 0 radical (unpaired) electrons. The predicted octanol–water partition coefficient (Wildman–Crippen LogP) is 4.40. The van der Waals surface area contributed by atoms with Crippen molar-refractivity contribution in [3.63, 3.8) is 0 Å². The van der Waals surface area contributed by atoms with Crippen molar-refractivity contribution in [2.24, 2.45) is 0 Å². The molecule has 0 aliphatic carbocycles. The van der Waals surface area contributed by atoms with Crippen LogP contribution in [0.1, 0.15) is 25.5 Å². The van der Waals surface area contributed by atoms with Gasteiger partial charge in [0, 0.05) is 22.9 Å². The first-order valence-electron chi connectivity index (χ1n) is 4.88. The molecule has 82 valence electrons. The van der Waals surface area contributed by atoms with Gasteiger partial charge in [0.2, 0.25) is 0 Å². The minimum absolute atomic E-state index is 0.202. The number of hydrogen-bond donors (Lipinski definition) is 0. The highest BCUT2D eigenvalue weighted by Crippen LogP contribution is 2.11. The molecule has 0 fully saturated rings. The van der Waals surface area contributed by atoms with Crippen molar-refractivity contribution in [1.82, 2.24) is 4.57 Å². The van der Waals surface area contributed by atoms with E-state index in [0.717, 1.165) is 4.47 Å². The van der Waals surface area contributed by atoms with Gasteiger partial charge in [-0.05, 0) is 38.5 Å². The molecule has 1 aromatic rings. The van der Waals surface area contributed by atoms with Crippen LogP contribution in [0.4, 0.5) is 4.39 Å².